The third kappa shape index (κ3) is 1.09. The van der Waals surface area contributed by atoms with Crippen molar-refractivity contribution in [1.82, 2.24) is 0 Å². The number of ether oxygens (including phenoxy) is 2. The number of rotatable bonds is 1. The molecule has 0 atom stereocenters. The van der Waals surface area contributed by atoms with Crippen LogP contribution in [0.3, 0.4) is 0 Å². The maximum Gasteiger partial charge on any atom is 0.0722 e. The molecule has 0 aromatic rings. The Balaban J connectivity index is 2.60. The van der Waals surface area contributed by atoms with E-state index in [1.807, 2.05) is 0 Å². The van der Waals surface area contributed by atoms with Crippen LogP contribution in [0.4, 0.5) is 0 Å². The zero-order chi connectivity index (χ0) is 14.4. The minimum atomic E-state index is -0.121. The van der Waals surface area contributed by atoms with Crippen LogP contribution >= 0.6 is 0 Å². The Labute approximate surface area is 112 Å². The lowest BCUT2D eigenvalue weighted by molar-refractivity contribution is -0.480. The van der Waals surface area contributed by atoms with Crippen LogP contribution in [0.15, 0.2) is 0 Å². The fourth-order valence-corrected chi connectivity index (χ4v) is 5.45. The molecule has 0 N–H and O–H groups in total. The maximum absolute atomic E-state index is 6.18. The molecule has 0 aromatic carbocycles. The van der Waals surface area contributed by atoms with E-state index < -0.39 is 0 Å². The Morgan fingerprint density at radius 2 is 0.556 bits per heavy atom. The van der Waals surface area contributed by atoms with Crippen molar-refractivity contribution in [2.75, 3.05) is 0 Å². The highest BCUT2D eigenvalue weighted by molar-refractivity contribution is 5.29. The van der Waals surface area contributed by atoms with Gasteiger partial charge in [0.15, 0.2) is 0 Å². The largest absolute Gasteiger partial charge is 0.368 e. The maximum atomic E-state index is 6.18. The standard InChI is InChI=1S/C16H30O2/c1-11(2)15(9,12(3,4)17-11)16(10)13(5,6)18-14(16,7)8/h1-10H3. The van der Waals surface area contributed by atoms with Gasteiger partial charge < -0.3 is 9.47 Å². The summed E-state index contributed by atoms with van der Waals surface area (Å²) in [6.07, 6.45) is 0. The van der Waals surface area contributed by atoms with Crippen molar-refractivity contribution in [3.63, 3.8) is 0 Å². The van der Waals surface area contributed by atoms with Gasteiger partial charge in [0.05, 0.1) is 22.4 Å². The molecule has 106 valence electrons. The van der Waals surface area contributed by atoms with E-state index in [1.165, 1.54) is 0 Å². The van der Waals surface area contributed by atoms with Crippen molar-refractivity contribution in [3.8, 4) is 0 Å². The molecule has 0 aliphatic carbocycles. The third-order valence-corrected chi connectivity index (χ3v) is 6.84. The van der Waals surface area contributed by atoms with Gasteiger partial charge in [0.1, 0.15) is 0 Å². The zero-order valence-electron chi connectivity index (χ0n) is 13.8. The molecule has 0 bridgehead atoms. The molecule has 2 heterocycles. The highest BCUT2D eigenvalue weighted by Crippen LogP contribution is 2.76. The lowest BCUT2D eigenvalue weighted by Gasteiger charge is -2.81. The highest BCUT2D eigenvalue weighted by atomic mass is 16.6. The van der Waals surface area contributed by atoms with Gasteiger partial charge in [-0.05, 0) is 55.4 Å². The average molecular weight is 254 g/mol. The van der Waals surface area contributed by atoms with Gasteiger partial charge in [-0.2, -0.15) is 0 Å². The summed E-state index contributed by atoms with van der Waals surface area (Å²) in [6.45, 7) is 22.5. The van der Waals surface area contributed by atoms with Crippen molar-refractivity contribution < 1.29 is 9.47 Å². The van der Waals surface area contributed by atoms with Gasteiger partial charge in [0, 0.05) is 10.8 Å². The Hall–Kier alpha value is -0.0800. The average Bonchev–Trinajstić information content (AvgIpc) is 2.10. The minimum absolute atomic E-state index is 0.0677. The second kappa shape index (κ2) is 2.98. The fraction of sp³-hybridized carbons (Fsp3) is 1.00. The number of hydrogen-bond donors (Lipinski definition) is 0. The smallest absolute Gasteiger partial charge is 0.0722 e. The van der Waals surface area contributed by atoms with Gasteiger partial charge in [-0.1, -0.05) is 13.8 Å². The van der Waals surface area contributed by atoms with Gasteiger partial charge in [0.2, 0.25) is 0 Å². The summed E-state index contributed by atoms with van der Waals surface area (Å²) in [5, 5.41) is 0. The Morgan fingerprint density at radius 3 is 0.667 bits per heavy atom. The van der Waals surface area contributed by atoms with Gasteiger partial charge in [-0.25, -0.2) is 0 Å². The van der Waals surface area contributed by atoms with Crippen LogP contribution in [0.2, 0.25) is 0 Å². The summed E-state index contributed by atoms with van der Waals surface area (Å²) >= 11 is 0. The highest BCUT2D eigenvalue weighted by Gasteiger charge is 2.82. The van der Waals surface area contributed by atoms with E-state index in [2.05, 4.69) is 69.2 Å². The lowest BCUT2D eigenvalue weighted by Crippen LogP contribution is -2.87. The van der Waals surface area contributed by atoms with Crippen LogP contribution in [0.1, 0.15) is 69.2 Å². The monoisotopic (exact) mass is 254 g/mol. The first kappa shape index (κ1) is 14.3. The molecule has 0 amide bonds. The van der Waals surface area contributed by atoms with Gasteiger partial charge in [-0.15, -0.1) is 0 Å². The molecule has 2 aliphatic rings. The van der Waals surface area contributed by atoms with Crippen molar-refractivity contribution in [3.05, 3.63) is 0 Å². The molecule has 2 heteroatoms. The van der Waals surface area contributed by atoms with E-state index >= 15 is 0 Å². The molecule has 18 heavy (non-hydrogen) atoms. The topological polar surface area (TPSA) is 18.5 Å². The Kier molecular flexibility index (Phi) is 2.37. The number of hydrogen-bond acceptors (Lipinski definition) is 2. The molecule has 0 spiro atoms. The van der Waals surface area contributed by atoms with Crippen LogP contribution in [-0.4, -0.2) is 22.4 Å². The summed E-state index contributed by atoms with van der Waals surface area (Å²) in [6, 6.07) is 0. The van der Waals surface area contributed by atoms with Crippen molar-refractivity contribution >= 4 is 0 Å². The summed E-state index contributed by atoms with van der Waals surface area (Å²) in [5.41, 5.74) is -0.350. The Bertz CT molecular complexity index is 322. The van der Waals surface area contributed by atoms with Gasteiger partial charge >= 0.3 is 0 Å². The summed E-state index contributed by atoms with van der Waals surface area (Å²) in [4.78, 5) is 0. The molecule has 0 unspecified atom stereocenters. The molecule has 0 aromatic heterocycles. The first-order valence-electron chi connectivity index (χ1n) is 7.07. The van der Waals surface area contributed by atoms with Crippen molar-refractivity contribution in [2.45, 2.75) is 91.6 Å². The molecule has 2 aliphatic heterocycles. The van der Waals surface area contributed by atoms with Crippen LogP contribution in [0, 0.1) is 10.8 Å². The van der Waals surface area contributed by atoms with Gasteiger partial charge in [-0.3, -0.25) is 0 Å². The van der Waals surface area contributed by atoms with E-state index in [0.29, 0.717) is 0 Å². The van der Waals surface area contributed by atoms with E-state index in [1.54, 1.807) is 0 Å². The predicted molar refractivity (Wildman–Crippen MR) is 74.7 cm³/mol. The van der Waals surface area contributed by atoms with Crippen molar-refractivity contribution in [2.24, 2.45) is 10.8 Å². The van der Waals surface area contributed by atoms with E-state index in [4.69, 9.17) is 9.47 Å². The quantitative estimate of drug-likeness (QED) is 0.699. The third-order valence-electron chi connectivity index (χ3n) is 6.84. The molecule has 0 radical (unpaired) electrons. The van der Waals surface area contributed by atoms with E-state index in [-0.39, 0.29) is 33.2 Å². The first-order valence-corrected chi connectivity index (χ1v) is 7.07. The van der Waals surface area contributed by atoms with E-state index in [0.717, 1.165) is 0 Å². The molecule has 2 rings (SSSR count). The molecule has 0 saturated carbocycles. The second-order valence-electron chi connectivity index (χ2n) is 8.50. The van der Waals surface area contributed by atoms with Crippen LogP contribution in [0.5, 0.6) is 0 Å². The normalized spacial score (nSPS) is 36.3. The molecule has 2 nitrogen and oxygen atoms in total. The summed E-state index contributed by atoms with van der Waals surface area (Å²) < 4.78 is 12.4. The minimum Gasteiger partial charge on any atom is -0.368 e. The van der Waals surface area contributed by atoms with Crippen molar-refractivity contribution in [1.29, 1.82) is 0 Å². The molecule has 2 saturated heterocycles. The second-order valence-corrected chi connectivity index (χ2v) is 8.50. The lowest BCUT2D eigenvalue weighted by atomic mass is 9.37. The Morgan fingerprint density at radius 1 is 0.389 bits per heavy atom. The van der Waals surface area contributed by atoms with Crippen LogP contribution in [0.25, 0.3) is 0 Å². The van der Waals surface area contributed by atoms with E-state index in [9.17, 15) is 0 Å². The molecular formula is C16H30O2. The fourth-order valence-electron chi connectivity index (χ4n) is 5.45. The SMILES string of the molecule is CC1(C)OC(C)(C)C1(C)C1(C)C(C)(C)OC1(C)C. The zero-order valence-corrected chi connectivity index (χ0v) is 13.8. The predicted octanol–water partition coefficient (Wildman–Crippen LogP) is 4.17. The van der Waals surface area contributed by atoms with Crippen LogP contribution < -0.4 is 0 Å². The van der Waals surface area contributed by atoms with Crippen LogP contribution in [-0.2, 0) is 9.47 Å². The molecular weight excluding hydrogens is 224 g/mol. The summed E-state index contributed by atoms with van der Waals surface area (Å²) in [7, 11) is 0. The molecule has 2 fully saturated rings. The first-order chi connectivity index (χ1) is 7.66. The van der Waals surface area contributed by atoms with Gasteiger partial charge in [0.25, 0.3) is 0 Å². The summed E-state index contributed by atoms with van der Waals surface area (Å²) in [5.74, 6) is 0.